The number of aliphatic hydroxyl groups is 1. The number of anilines is 1. The van der Waals surface area contributed by atoms with Crippen LogP contribution in [0.15, 0.2) is 24.3 Å². The summed E-state index contributed by atoms with van der Waals surface area (Å²) in [5, 5.41) is 10.6. The first-order chi connectivity index (χ1) is 8.60. The average molecular weight is 248 g/mol. The molecule has 1 unspecified atom stereocenters. The van der Waals surface area contributed by atoms with Gasteiger partial charge in [0.1, 0.15) is 0 Å². The van der Waals surface area contributed by atoms with Crippen molar-refractivity contribution in [3.8, 4) is 0 Å². The second kappa shape index (κ2) is 5.29. The molecule has 0 heterocycles. The van der Waals surface area contributed by atoms with E-state index in [0.29, 0.717) is 19.0 Å². The highest BCUT2D eigenvalue weighted by molar-refractivity contribution is 5.53. The first-order valence-corrected chi connectivity index (χ1v) is 6.83. The van der Waals surface area contributed by atoms with E-state index in [-0.39, 0.29) is 0 Å². The van der Waals surface area contributed by atoms with Crippen LogP contribution in [0.25, 0.3) is 0 Å². The van der Waals surface area contributed by atoms with Gasteiger partial charge in [-0.1, -0.05) is 18.2 Å². The molecule has 100 valence electrons. The minimum absolute atomic E-state index is 0.347. The van der Waals surface area contributed by atoms with Crippen LogP contribution in [-0.4, -0.2) is 30.3 Å². The van der Waals surface area contributed by atoms with Gasteiger partial charge in [0.2, 0.25) is 0 Å². The number of nitrogens with two attached hydrogens (primary N) is 1. The maximum Gasteiger partial charge on any atom is 0.0970 e. The SMILES string of the molecule is CCN(CC(O)(CN)C1CC1)c1ccccc1C. The van der Waals surface area contributed by atoms with Crippen molar-refractivity contribution >= 4 is 5.69 Å². The Hall–Kier alpha value is -1.06. The van der Waals surface area contributed by atoms with Gasteiger partial charge in [-0.25, -0.2) is 0 Å². The lowest BCUT2D eigenvalue weighted by Gasteiger charge is -2.35. The van der Waals surface area contributed by atoms with Crippen LogP contribution in [0, 0.1) is 12.8 Å². The molecule has 0 aliphatic heterocycles. The molecule has 0 aromatic heterocycles. The fraction of sp³-hybridized carbons (Fsp3) is 0.600. The molecule has 1 atom stereocenters. The molecular weight excluding hydrogens is 224 g/mol. The molecule has 18 heavy (non-hydrogen) atoms. The Morgan fingerprint density at radius 1 is 1.39 bits per heavy atom. The van der Waals surface area contributed by atoms with Crippen LogP contribution in [0.3, 0.4) is 0 Å². The van der Waals surface area contributed by atoms with Gasteiger partial charge in [0, 0.05) is 25.3 Å². The molecular formula is C15H24N2O. The Morgan fingerprint density at radius 3 is 2.56 bits per heavy atom. The van der Waals surface area contributed by atoms with Crippen molar-refractivity contribution < 1.29 is 5.11 Å². The molecule has 2 rings (SSSR count). The Labute approximate surface area is 110 Å². The predicted molar refractivity (Wildman–Crippen MR) is 75.8 cm³/mol. The number of nitrogens with zero attached hydrogens (tertiary/aromatic N) is 1. The molecule has 3 heteroatoms. The van der Waals surface area contributed by atoms with Crippen LogP contribution in [0.1, 0.15) is 25.3 Å². The molecule has 3 N–H and O–H groups in total. The minimum Gasteiger partial charge on any atom is -0.386 e. The highest BCUT2D eigenvalue weighted by atomic mass is 16.3. The summed E-state index contributed by atoms with van der Waals surface area (Å²) in [6, 6.07) is 8.31. The van der Waals surface area contributed by atoms with Crippen LogP contribution in [-0.2, 0) is 0 Å². The first-order valence-electron chi connectivity index (χ1n) is 6.83. The molecule has 0 radical (unpaired) electrons. The van der Waals surface area contributed by atoms with Crippen molar-refractivity contribution in [2.24, 2.45) is 11.7 Å². The number of hydrogen-bond donors (Lipinski definition) is 2. The fourth-order valence-electron chi connectivity index (χ4n) is 2.60. The van der Waals surface area contributed by atoms with Crippen LogP contribution >= 0.6 is 0 Å². The van der Waals surface area contributed by atoms with Crippen molar-refractivity contribution in [1.29, 1.82) is 0 Å². The normalized spacial score (nSPS) is 18.4. The Bertz CT molecular complexity index is 403. The lowest BCUT2D eigenvalue weighted by molar-refractivity contribution is 0.0335. The summed E-state index contributed by atoms with van der Waals surface area (Å²) in [5.74, 6) is 0.389. The maximum atomic E-state index is 10.6. The van der Waals surface area contributed by atoms with Gasteiger partial charge in [-0.15, -0.1) is 0 Å². The van der Waals surface area contributed by atoms with E-state index >= 15 is 0 Å². The zero-order valence-electron chi connectivity index (χ0n) is 11.4. The van der Waals surface area contributed by atoms with Gasteiger partial charge < -0.3 is 15.7 Å². The summed E-state index contributed by atoms with van der Waals surface area (Å²) in [4.78, 5) is 2.24. The van der Waals surface area contributed by atoms with E-state index in [4.69, 9.17) is 5.73 Å². The lowest BCUT2D eigenvalue weighted by atomic mass is 9.96. The van der Waals surface area contributed by atoms with Gasteiger partial charge in [0.25, 0.3) is 0 Å². The Kier molecular flexibility index (Phi) is 3.93. The monoisotopic (exact) mass is 248 g/mol. The number of aryl methyl sites for hydroxylation is 1. The molecule has 3 nitrogen and oxygen atoms in total. The quantitative estimate of drug-likeness (QED) is 0.808. The summed E-state index contributed by atoms with van der Waals surface area (Å²) in [5.41, 5.74) is 7.51. The van der Waals surface area contributed by atoms with Gasteiger partial charge in [-0.3, -0.25) is 0 Å². The third-order valence-corrected chi connectivity index (χ3v) is 3.99. The van der Waals surface area contributed by atoms with E-state index in [9.17, 15) is 5.11 Å². The van der Waals surface area contributed by atoms with Crippen molar-refractivity contribution in [2.45, 2.75) is 32.3 Å². The number of likely N-dealkylation sites (N-methyl/N-ethyl adjacent to an activating group) is 1. The van der Waals surface area contributed by atoms with Crippen molar-refractivity contribution in [3.63, 3.8) is 0 Å². The summed E-state index contributed by atoms with van der Waals surface area (Å²) < 4.78 is 0. The second-order valence-corrected chi connectivity index (χ2v) is 5.38. The minimum atomic E-state index is -0.724. The first kappa shape index (κ1) is 13.4. The number of rotatable bonds is 6. The topological polar surface area (TPSA) is 49.5 Å². The number of para-hydroxylation sites is 1. The summed E-state index contributed by atoms with van der Waals surface area (Å²) >= 11 is 0. The van der Waals surface area contributed by atoms with Crippen LogP contribution in [0.5, 0.6) is 0 Å². The second-order valence-electron chi connectivity index (χ2n) is 5.38. The molecule has 0 spiro atoms. The molecule has 1 aliphatic carbocycles. The zero-order chi connectivity index (χ0) is 13.2. The van der Waals surface area contributed by atoms with E-state index in [1.54, 1.807) is 0 Å². The smallest absolute Gasteiger partial charge is 0.0970 e. The van der Waals surface area contributed by atoms with E-state index in [1.165, 1.54) is 11.3 Å². The van der Waals surface area contributed by atoms with E-state index in [1.807, 2.05) is 12.1 Å². The molecule has 0 saturated heterocycles. The molecule has 0 amide bonds. The Balaban J connectivity index is 2.16. The standard InChI is InChI=1S/C15H24N2O/c1-3-17(14-7-5-4-6-12(14)2)11-15(18,10-16)13-8-9-13/h4-7,13,18H,3,8-11,16H2,1-2H3. The predicted octanol–water partition coefficient (Wildman–Crippen LogP) is 1.92. The average Bonchev–Trinajstić information content (AvgIpc) is 3.21. The fourth-order valence-corrected chi connectivity index (χ4v) is 2.60. The lowest BCUT2D eigenvalue weighted by Crippen LogP contribution is -2.50. The van der Waals surface area contributed by atoms with E-state index < -0.39 is 5.60 Å². The molecule has 1 aliphatic rings. The zero-order valence-corrected chi connectivity index (χ0v) is 11.4. The van der Waals surface area contributed by atoms with Crippen LogP contribution in [0.4, 0.5) is 5.69 Å². The molecule has 1 saturated carbocycles. The largest absolute Gasteiger partial charge is 0.386 e. The molecule has 1 aromatic carbocycles. The molecule has 1 fully saturated rings. The van der Waals surface area contributed by atoms with Gasteiger partial charge in [-0.05, 0) is 44.2 Å². The number of hydrogen-bond acceptors (Lipinski definition) is 3. The van der Waals surface area contributed by atoms with Gasteiger partial charge in [0.05, 0.1) is 5.60 Å². The summed E-state index contributed by atoms with van der Waals surface area (Å²) in [6.07, 6.45) is 2.22. The van der Waals surface area contributed by atoms with Crippen LogP contribution < -0.4 is 10.6 Å². The highest BCUT2D eigenvalue weighted by Crippen LogP contribution is 2.40. The van der Waals surface area contributed by atoms with Crippen LogP contribution in [0.2, 0.25) is 0 Å². The number of benzene rings is 1. The highest BCUT2D eigenvalue weighted by Gasteiger charge is 2.43. The van der Waals surface area contributed by atoms with Gasteiger partial charge in [0.15, 0.2) is 0 Å². The Morgan fingerprint density at radius 2 is 2.06 bits per heavy atom. The van der Waals surface area contributed by atoms with Gasteiger partial charge >= 0.3 is 0 Å². The molecule has 0 bridgehead atoms. The summed E-state index contributed by atoms with van der Waals surface area (Å²) in [6.45, 7) is 6.10. The summed E-state index contributed by atoms with van der Waals surface area (Å²) in [7, 11) is 0. The molecule has 1 aromatic rings. The maximum absolute atomic E-state index is 10.6. The third-order valence-electron chi connectivity index (χ3n) is 3.99. The third kappa shape index (κ3) is 2.68. The van der Waals surface area contributed by atoms with Crippen molar-refractivity contribution in [1.82, 2.24) is 0 Å². The van der Waals surface area contributed by atoms with Crippen molar-refractivity contribution in [3.05, 3.63) is 29.8 Å². The van der Waals surface area contributed by atoms with E-state index in [2.05, 4.69) is 30.9 Å². The van der Waals surface area contributed by atoms with Crippen molar-refractivity contribution in [2.75, 3.05) is 24.5 Å². The van der Waals surface area contributed by atoms with E-state index in [0.717, 1.165) is 19.4 Å². The van der Waals surface area contributed by atoms with Gasteiger partial charge in [-0.2, -0.15) is 0 Å².